The number of benzene rings is 1. The SMILES string of the molecule is Fc1cccc(CC(Br)C2CC3CCC2C3)c1. The Kier molecular flexibility index (Phi) is 3.25. The van der Waals surface area contributed by atoms with Gasteiger partial charge in [-0.1, -0.05) is 34.5 Å². The topological polar surface area (TPSA) is 0 Å². The van der Waals surface area contributed by atoms with E-state index in [1.54, 1.807) is 6.07 Å². The zero-order valence-electron chi connectivity index (χ0n) is 9.91. The molecule has 3 rings (SSSR count). The molecule has 2 bridgehead atoms. The maximum atomic E-state index is 13.1. The molecule has 1 aromatic rings. The van der Waals surface area contributed by atoms with Gasteiger partial charge in [0.05, 0.1) is 0 Å². The molecule has 17 heavy (non-hydrogen) atoms. The number of fused-ring (bicyclic) bond motifs is 2. The lowest BCUT2D eigenvalue weighted by atomic mass is 9.84. The van der Waals surface area contributed by atoms with E-state index in [0.717, 1.165) is 29.7 Å². The predicted octanol–water partition coefficient (Wildman–Crippen LogP) is 4.57. The van der Waals surface area contributed by atoms with Gasteiger partial charge in [-0.25, -0.2) is 4.39 Å². The van der Waals surface area contributed by atoms with Gasteiger partial charge in [0.1, 0.15) is 5.82 Å². The number of alkyl halides is 1. The van der Waals surface area contributed by atoms with Crippen molar-refractivity contribution in [3.63, 3.8) is 0 Å². The maximum Gasteiger partial charge on any atom is 0.123 e. The lowest BCUT2D eigenvalue weighted by Crippen LogP contribution is -2.22. The first-order chi connectivity index (χ1) is 8.22. The summed E-state index contributed by atoms with van der Waals surface area (Å²) in [6.07, 6.45) is 6.65. The minimum Gasteiger partial charge on any atom is -0.207 e. The smallest absolute Gasteiger partial charge is 0.123 e. The van der Waals surface area contributed by atoms with E-state index in [-0.39, 0.29) is 5.82 Å². The van der Waals surface area contributed by atoms with Crippen molar-refractivity contribution in [1.29, 1.82) is 0 Å². The van der Waals surface area contributed by atoms with E-state index in [4.69, 9.17) is 0 Å². The standard InChI is InChI=1S/C15H18BrF/c16-15(9-10-2-1-3-13(17)7-10)14-8-11-4-5-12(14)6-11/h1-3,7,11-12,14-15H,4-6,8-9H2. The Morgan fingerprint density at radius 3 is 2.82 bits per heavy atom. The van der Waals surface area contributed by atoms with Gasteiger partial charge in [0.2, 0.25) is 0 Å². The van der Waals surface area contributed by atoms with Crippen LogP contribution in [0.3, 0.4) is 0 Å². The van der Waals surface area contributed by atoms with Crippen LogP contribution in [0.5, 0.6) is 0 Å². The fourth-order valence-corrected chi connectivity index (χ4v) is 4.80. The second kappa shape index (κ2) is 4.72. The molecule has 0 aromatic heterocycles. The minimum absolute atomic E-state index is 0.116. The third-order valence-corrected chi connectivity index (χ3v) is 5.58. The molecule has 2 saturated carbocycles. The average Bonchev–Trinajstić information content (AvgIpc) is 2.90. The summed E-state index contributed by atoms with van der Waals surface area (Å²) in [5, 5.41) is 0. The zero-order chi connectivity index (χ0) is 11.8. The van der Waals surface area contributed by atoms with Gasteiger partial charge >= 0.3 is 0 Å². The van der Waals surface area contributed by atoms with Crippen molar-refractivity contribution in [2.75, 3.05) is 0 Å². The Hall–Kier alpha value is -0.370. The summed E-state index contributed by atoms with van der Waals surface area (Å²) in [6.45, 7) is 0. The Bertz CT molecular complexity index is 404. The van der Waals surface area contributed by atoms with Crippen LogP contribution in [0.2, 0.25) is 0 Å². The lowest BCUT2D eigenvalue weighted by molar-refractivity contribution is 0.326. The average molecular weight is 297 g/mol. The molecule has 4 unspecified atom stereocenters. The molecule has 0 saturated heterocycles. The summed E-state index contributed by atoms with van der Waals surface area (Å²) in [5.41, 5.74) is 1.12. The molecule has 0 heterocycles. The molecule has 0 spiro atoms. The molecule has 2 heteroatoms. The first-order valence-corrected chi connectivity index (χ1v) is 7.52. The summed E-state index contributed by atoms with van der Waals surface area (Å²) in [7, 11) is 0. The molecule has 4 atom stereocenters. The number of hydrogen-bond acceptors (Lipinski definition) is 0. The molecular formula is C15H18BrF. The van der Waals surface area contributed by atoms with Crippen molar-refractivity contribution < 1.29 is 4.39 Å². The van der Waals surface area contributed by atoms with Gasteiger partial charge in [-0.15, -0.1) is 0 Å². The van der Waals surface area contributed by atoms with Crippen LogP contribution in [-0.4, -0.2) is 4.83 Å². The molecule has 92 valence electrons. The first kappa shape index (κ1) is 11.7. The van der Waals surface area contributed by atoms with Gasteiger partial charge in [-0.05, 0) is 61.1 Å². The van der Waals surface area contributed by atoms with Crippen LogP contribution in [0, 0.1) is 23.6 Å². The largest absolute Gasteiger partial charge is 0.207 e. The van der Waals surface area contributed by atoms with Crippen LogP contribution in [-0.2, 0) is 6.42 Å². The van der Waals surface area contributed by atoms with Crippen LogP contribution in [0.1, 0.15) is 31.2 Å². The number of hydrogen-bond donors (Lipinski definition) is 0. The van der Waals surface area contributed by atoms with Gasteiger partial charge in [0.15, 0.2) is 0 Å². The first-order valence-electron chi connectivity index (χ1n) is 6.61. The second-order valence-electron chi connectivity index (χ2n) is 5.69. The van der Waals surface area contributed by atoms with Crippen LogP contribution in [0.4, 0.5) is 4.39 Å². The fourth-order valence-electron chi connectivity index (χ4n) is 3.78. The quantitative estimate of drug-likeness (QED) is 0.717. The summed E-state index contributed by atoms with van der Waals surface area (Å²) < 4.78 is 13.1. The normalized spacial score (nSPS) is 32.9. The third kappa shape index (κ3) is 2.42. The summed E-state index contributed by atoms with van der Waals surface area (Å²) in [5.74, 6) is 2.61. The van der Waals surface area contributed by atoms with Crippen LogP contribution in [0.15, 0.2) is 24.3 Å². The maximum absolute atomic E-state index is 13.1. The van der Waals surface area contributed by atoms with Gasteiger partial charge in [0.25, 0.3) is 0 Å². The molecule has 0 radical (unpaired) electrons. The van der Waals surface area contributed by atoms with Crippen molar-refractivity contribution in [2.24, 2.45) is 17.8 Å². The highest BCUT2D eigenvalue weighted by atomic mass is 79.9. The van der Waals surface area contributed by atoms with Gasteiger partial charge in [0, 0.05) is 4.83 Å². The van der Waals surface area contributed by atoms with Crippen LogP contribution >= 0.6 is 15.9 Å². The molecule has 2 fully saturated rings. The highest BCUT2D eigenvalue weighted by molar-refractivity contribution is 9.09. The Balaban J connectivity index is 1.65. The Labute approximate surface area is 111 Å². The minimum atomic E-state index is -0.116. The number of halogens is 2. The van der Waals surface area contributed by atoms with E-state index in [0.29, 0.717) is 4.83 Å². The summed E-state index contributed by atoms with van der Waals surface area (Å²) >= 11 is 3.85. The van der Waals surface area contributed by atoms with Crippen molar-refractivity contribution in [3.05, 3.63) is 35.6 Å². The van der Waals surface area contributed by atoms with Gasteiger partial charge in [-0.2, -0.15) is 0 Å². The third-order valence-electron chi connectivity index (χ3n) is 4.58. The molecule has 0 aliphatic heterocycles. The molecule has 2 aliphatic rings. The van der Waals surface area contributed by atoms with E-state index in [9.17, 15) is 4.39 Å². The zero-order valence-corrected chi connectivity index (χ0v) is 11.5. The fraction of sp³-hybridized carbons (Fsp3) is 0.600. The molecule has 2 aliphatic carbocycles. The molecule has 0 nitrogen and oxygen atoms in total. The number of rotatable bonds is 3. The van der Waals surface area contributed by atoms with Gasteiger partial charge in [-0.3, -0.25) is 0 Å². The van der Waals surface area contributed by atoms with E-state index < -0.39 is 0 Å². The second-order valence-corrected chi connectivity index (χ2v) is 6.86. The van der Waals surface area contributed by atoms with Crippen molar-refractivity contribution >= 4 is 15.9 Å². The van der Waals surface area contributed by atoms with Gasteiger partial charge < -0.3 is 0 Å². The van der Waals surface area contributed by atoms with Crippen molar-refractivity contribution in [3.8, 4) is 0 Å². The van der Waals surface area contributed by atoms with E-state index in [1.807, 2.05) is 12.1 Å². The van der Waals surface area contributed by atoms with Crippen LogP contribution in [0.25, 0.3) is 0 Å². The molecule has 0 N–H and O–H groups in total. The highest BCUT2D eigenvalue weighted by Crippen LogP contribution is 2.51. The van der Waals surface area contributed by atoms with Crippen LogP contribution < -0.4 is 0 Å². The molecule has 1 aromatic carbocycles. The summed E-state index contributed by atoms with van der Waals surface area (Å²) in [6, 6.07) is 7.03. The predicted molar refractivity (Wildman–Crippen MR) is 71.8 cm³/mol. The van der Waals surface area contributed by atoms with E-state index in [2.05, 4.69) is 15.9 Å². The Morgan fingerprint density at radius 1 is 1.29 bits per heavy atom. The molecule has 0 amide bonds. The van der Waals surface area contributed by atoms with Crippen molar-refractivity contribution in [1.82, 2.24) is 0 Å². The van der Waals surface area contributed by atoms with E-state index >= 15 is 0 Å². The lowest BCUT2D eigenvalue weighted by Gasteiger charge is -2.26. The van der Waals surface area contributed by atoms with Crippen molar-refractivity contribution in [2.45, 2.75) is 36.9 Å². The highest BCUT2D eigenvalue weighted by Gasteiger charge is 2.42. The Morgan fingerprint density at radius 2 is 2.18 bits per heavy atom. The summed E-state index contributed by atoms with van der Waals surface area (Å²) in [4.78, 5) is 0.527. The molecular weight excluding hydrogens is 279 g/mol. The monoisotopic (exact) mass is 296 g/mol. The van der Waals surface area contributed by atoms with E-state index in [1.165, 1.54) is 31.7 Å².